The van der Waals surface area contributed by atoms with Crippen molar-refractivity contribution in [3.8, 4) is 5.75 Å². The number of halogens is 2. The summed E-state index contributed by atoms with van der Waals surface area (Å²) in [4.78, 5) is 0. The number of amidine groups is 1. The molecule has 7 heteroatoms. The van der Waals surface area contributed by atoms with Gasteiger partial charge in [-0.15, -0.1) is 5.10 Å². The fraction of sp³-hybridized carbons (Fsp3) is 0.0909. The van der Waals surface area contributed by atoms with Crippen LogP contribution in [0.15, 0.2) is 87.5 Å². The van der Waals surface area contributed by atoms with Gasteiger partial charge in [0.25, 0.3) is 0 Å². The minimum absolute atomic E-state index is 0.362. The molecule has 3 aromatic rings. The van der Waals surface area contributed by atoms with Gasteiger partial charge < -0.3 is 10.5 Å². The zero-order valence-corrected chi connectivity index (χ0v) is 18.6. The normalized spacial score (nSPS) is 11.7. The molecule has 29 heavy (non-hydrogen) atoms. The first-order valence-corrected chi connectivity index (χ1v) is 11.0. The number of ether oxygens (including phenoxy) is 1. The van der Waals surface area contributed by atoms with Gasteiger partial charge in [0.2, 0.25) is 0 Å². The highest BCUT2D eigenvalue weighted by atomic mass is 79.9. The number of nitrogens with two attached hydrogens (primary N) is 1. The van der Waals surface area contributed by atoms with Crippen LogP contribution in [-0.4, -0.2) is 11.4 Å². The topological polar surface area (TPSA) is 60.0 Å². The minimum Gasteiger partial charge on any atom is -0.488 e. The van der Waals surface area contributed by atoms with Gasteiger partial charge in [-0.1, -0.05) is 87.8 Å². The van der Waals surface area contributed by atoms with E-state index in [1.165, 1.54) is 17.3 Å². The van der Waals surface area contributed by atoms with E-state index >= 15 is 0 Å². The van der Waals surface area contributed by atoms with E-state index in [-0.39, 0.29) is 0 Å². The molecule has 0 fully saturated rings. The molecule has 0 aliphatic rings. The summed E-state index contributed by atoms with van der Waals surface area (Å²) in [6, 6.07) is 23.4. The van der Waals surface area contributed by atoms with Crippen molar-refractivity contribution in [3.63, 3.8) is 0 Å². The minimum atomic E-state index is 0.362. The van der Waals surface area contributed by atoms with Crippen molar-refractivity contribution in [2.75, 3.05) is 0 Å². The molecule has 2 N–H and O–H groups in total. The number of hydrogen-bond acceptors (Lipinski definition) is 4. The van der Waals surface area contributed by atoms with Crippen molar-refractivity contribution in [2.24, 2.45) is 15.9 Å². The summed E-state index contributed by atoms with van der Waals surface area (Å²) in [5.74, 6) is 1.43. The Morgan fingerprint density at radius 2 is 1.83 bits per heavy atom. The molecule has 148 valence electrons. The van der Waals surface area contributed by atoms with E-state index in [9.17, 15) is 0 Å². The van der Waals surface area contributed by atoms with Crippen LogP contribution < -0.4 is 10.5 Å². The average Bonchev–Trinajstić information content (AvgIpc) is 2.73. The van der Waals surface area contributed by atoms with Crippen LogP contribution in [0.5, 0.6) is 5.75 Å². The molecule has 3 rings (SSSR count). The standard InChI is InChI=1S/C22H19BrClN3OS/c23-19-10-11-21(28-14-17-8-4-5-9-20(17)24)18(12-19)13-26-27-22(25)29-15-16-6-2-1-3-7-16/h1-13H,14-15H2,(H2,25,27). The van der Waals surface area contributed by atoms with Crippen LogP contribution in [0.4, 0.5) is 0 Å². The Hall–Kier alpha value is -2.28. The summed E-state index contributed by atoms with van der Waals surface area (Å²) in [6.07, 6.45) is 1.63. The molecule has 0 unspecified atom stereocenters. The van der Waals surface area contributed by atoms with Gasteiger partial charge in [0.05, 0.1) is 6.21 Å². The Balaban J connectivity index is 1.64. The van der Waals surface area contributed by atoms with E-state index in [1.807, 2.05) is 72.8 Å². The predicted molar refractivity (Wildman–Crippen MR) is 127 cm³/mol. The summed E-state index contributed by atoms with van der Waals surface area (Å²) in [5, 5.41) is 9.27. The van der Waals surface area contributed by atoms with Gasteiger partial charge in [-0.3, -0.25) is 0 Å². The van der Waals surface area contributed by atoms with Crippen LogP contribution in [0.1, 0.15) is 16.7 Å². The molecule has 0 saturated carbocycles. The second kappa shape index (κ2) is 11.0. The Morgan fingerprint density at radius 3 is 2.62 bits per heavy atom. The molecule has 0 atom stereocenters. The van der Waals surface area contributed by atoms with E-state index in [0.717, 1.165) is 21.4 Å². The zero-order valence-electron chi connectivity index (χ0n) is 15.5. The molecule has 0 bridgehead atoms. The van der Waals surface area contributed by atoms with Gasteiger partial charge in [-0.05, 0) is 29.8 Å². The monoisotopic (exact) mass is 487 g/mol. The lowest BCUT2D eigenvalue weighted by atomic mass is 10.2. The first-order chi connectivity index (χ1) is 14.1. The Labute approximate surface area is 188 Å². The first-order valence-electron chi connectivity index (χ1n) is 8.81. The van der Waals surface area contributed by atoms with Crippen LogP contribution >= 0.6 is 39.3 Å². The number of benzene rings is 3. The Kier molecular flexibility index (Phi) is 8.16. The molecule has 0 aromatic heterocycles. The summed E-state index contributed by atoms with van der Waals surface area (Å²) in [5.41, 5.74) is 8.84. The third-order valence-electron chi connectivity index (χ3n) is 3.90. The van der Waals surface area contributed by atoms with Crippen molar-refractivity contribution in [1.82, 2.24) is 0 Å². The van der Waals surface area contributed by atoms with Gasteiger partial charge in [0.1, 0.15) is 12.4 Å². The average molecular weight is 489 g/mol. The van der Waals surface area contributed by atoms with Crippen LogP contribution in [-0.2, 0) is 12.4 Å². The van der Waals surface area contributed by atoms with Gasteiger partial charge in [0, 0.05) is 26.4 Å². The predicted octanol–water partition coefficient (Wildman–Crippen LogP) is 6.26. The Bertz CT molecular complexity index is 1010. The van der Waals surface area contributed by atoms with Crippen LogP contribution in [0.2, 0.25) is 5.02 Å². The Morgan fingerprint density at radius 1 is 1.07 bits per heavy atom. The molecule has 0 aliphatic carbocycles. The smallest absolute Gasteiger partial charge is 0.180 e. The molecular weight excluding hydrogens is 470 g/mol. The number of rotatable bonds is 7. The number of thioether (sulfide) groups is 1. The lowest BCUT2D eigenvalue weighted by Crippen LogP contribution is -2.06. The van der Waals surface area contributed by atoms with Gasteiger partial charge in [-0.25, -0.2) is 0 Å². The quantitative estimate of drug-likeness (QED) is 0.242. The van der Waals surface area contributed by atoms with Crippen molar-refractivity contribution in [3.05, 3.63) is 99.0 Å². The van der Waals surface area contributed by atoms with Gasteiger partial charge >= 0.3 is 0 Å². The lowest BCUT2D eigenvalue weighted by Gasteiger charge is -2.10. The van der Waals surface area contributed by atoms with Crippen molar-refractivity contribution >= 4 is 50.7 Å². The highest BCUT2D eigenvalue weighted by Gasteiger charge is 2.05. The van der Waals surface area contributed by atoms with E-state index in [0.29, 0.717) is 22.5 Å². The first kappa shape index (κ1) is 21.4. The van der Waals surface area contributed by atoms with Gasteiger partial charge in [-0.2, -0.15) is 5.10 Å². The highest BCUT2D eigenvalue weighted by Crippen LogP contribution is 2.24. The molecule has 0 amide bonds. The summed E-state index contributed by atoms with van der Waals surface area (Å²) < 4.78 is 6.86. The molecule has 0 heterocycles. The maximum Gasteiger partial charge on any atom is 0.180 e. The van der Waals surface area contributed by atoms with E-state index in [2.05, 4.69) is 26.1 Å². The third-order valence-corrected chi connectivity index (χ3v) is 5.61. The molecular formula is C22H19BrClN3OS. The molecule has 0 saturated heterocycles. The van der Waals surface area contributed by atoms with Crippen LogP contribution in [0.25, 0.3) is 0 Å². The van der Waals surface area contributed by atoms with Crippen molar-refractivity contribution in [2.45, 2.75) is 12.4 Å². The summed E-state index contributed by atoms with van der Waals surface area (Å²) in [6.45, 7) is 0.362. The van der Waals surface area contributed by atoms with Crippen LogP contribution in [0, 0.1) is 0 Å². The molecule has 0 aliphatic heterocycles. The zero-order chi connectivity index (χ0) is 20.5. The van der Waals surface area contributed by atoms with E-state index < -0.39 is 0 Å². The van der Waals surface area contributed by atoms with Crippen molar-refractivity contribution in [1.29, 1.82) is 0 Å². The number of nitrogens with zero attached hydrogens (tertiary/aromatic N) is 2. The van der Waals surface area contributed by atoms with E-state index in [4.69, 9.17) is 22.1 Å². The van der Waals surface area contributed by atoms with Gasteiger partial charge in [0.15, 0.2) is 5.17 Å². The molecule has 0 radical (unpaired) electrons. The maximum atomic E-state index is 6.20. The molecule has 4 nitrogen and oxygen atoms in total. The highest BCUT2D eigenvalue weighted by molar-refractivity contribution is 9.10. The third kappa shape index (κ3) is 6.92. The second-order valence-corrected chi connectivity index (χ2v) is 8.34. The second-order valence-electron chi connectivity index (χ2n) is 6.02. The number of hydrogen-bond donors (Lipinski definition) is 1. The van der Waals surface area contributed by atoms with E-state index in [1.54, 1.807) is 6.21 Å². The fourth-order valence-corrected chi connectivity index (χ4v) is 3.61. The largest absolute Gasteiger partial charge is 0.488 e. The van der Waals surface area contributed by atoms with Crippen LogP contribution in [0.3, 0.4) is 0 Å². The SMILES string of the molecule is NC(=NN=Cc1cc(Br)ccc1OCc1ccccc1Cl)SCc1ccccc1. The van der Waals surface area contributed by atoms with Crippen molar-refractivity contribution < 1.29 is 4.74 Å². The maximum absolute atomic E-state index is 6.20. The molecule has 3 aromatic carbocycles. The lowest BCUT2D eigenvalue weighted by molar-refractivity contribution is 0.306. The summed E-state index contributed by atoms with van der Waals surface area (Å²) >= 11 is 11.1. The molecule has 0 spiro atoms. The fourth-order valence-electron chi connectivity index (χ4n) is 2.43. The summed E-state index contributed by atoms with van der Waals surface area (Å²) in [7, 11) is 0.